The van der Waals surface area contributed by atoms with Crippen LogP contribution in [0.15, 0.2) is 58.2 Å². The van der Waals surface area contributed by atoms with E-state index in [-0.39, 0.29) is 22.9 Å². The third-order valence-corrected chi connectivity index (χ3v) is 6.76. The summed E-state index contributed by atoms with van der Waals surface area (Å²) >= 11 is 6.08. The van der Waals surface area contributed by atoms with Gasteiger partial charge in [0.2, 0.25) is 10.0 Å². The Hall–Kier alpha value is -2.35. The Kier molecular flexibility index (Phi) is 6.03. The predicted octanol–water partition coefficient (Wildman–Crippen LogP) is 3.74. The number of aromatic nitrogens is 2. The molecule has 0 bridgehead atoms. The number of nitrogens with zero attached hydrogens (tertiary/aromatic N) is 2. The van der Waals surface area contributed by atoms with Crippen LogP contribution in [0.25, 0.3) is 5.69 Å². The highest BCUT2D eigenvalue weighted by atomic mass is 35.5. The number of hydrogen-bond donors (Lipinski definition) is 1. The second kappa shape index (κ2) is 8.18. The van der Waals surface area contributed by atoms with Gasteiger partial charge in [0, 0.05) is 29.9 Å². The summed E-state index contributed by atoms with van der Waals surface area (Å²) in [6.07, 6.45) is 0. The average Bonchev–Trinajstić information content (AvgIpc) is 2.90. The number of hydrogen-bond acceptors (Lipinski definition) is 3. The van der Waals surface area contributed by atoms with Crippen LogP contribution in [0.5, 0.6) is 0 Å². The lowest BCUT2D eigenvalue weighted by molar-refractivity contribution is 0.581. The number of benzene rings is 2. The monoisotopic (exact) mass is 433 g/mol. The molecule has 0 aliphatic carbocycles. The number of rotatable bonds is 6. The summed E-state index contributed by atoms with van der Waals surface area (Å²) in [6.45, 7) is 5.96. The van der Waals surface area contributed by atoms with Gasteiger partial charge >= 0.3 is 0 Å². The van der Waals surface area contributed by atoms with E-state index in [0.29, 0.717) is 16.3 Å². The van der Waals surface area contributed by atoms with E-state index in [4.69, 9.17) is 11.6 Å². The third-order valence-electron chi connectivity index (χ3n) is 4.98. The number of nitrogens with one attached hydrogen (secondary N) is 1. The fourth-order valence-electron chi connectivity index (χ4n) is 3.35. The van der Waals surface area contributed by atoms with Gasteiger partial charge < -0.3 is 0 Å². The van der Waals surface area contributed by atoms with Crippen molar-refractivity contribution in [2.24, 2.45) is 7.05 Å². The summed E-state index contributed by atoms with van der Waals surface area (Å²) in [5.74, 6) is 0.101. The van der Waals surface area contributed by atoms with Crippen LogP contribution >= 0.6 is 11.6 Å². The molecule has 2 aromatic carbocycles. The van der Waals surface area contributed by atoms with Crippen LogP contribution in [0.2, 0.25) is 5.02 Å². The van der Waals surface area contributed by atoms with Crippen LogP contribution in [0, 0.1) is 6.92 Å². The summed E-state index contributed by atoms with van der Waals surface area (Å²) in [6, 6.07) is 13.3. The third kappa shape index (κ3) is 4.17. The van der Waals surface area contributed by atoms with Gasteiger partial charge in [-0.05, 0) is 48.7 Å². The second-order valence-corrected chi connectivity index (χ2v) is 9.38. The standard InChI is InChI=1S/C21H24ClN3O3S/c1-14(2)20-15(3)24(4)25(21(20)26)17-9-11-18(12-10-17)29(27,28)23-13-16-7-5-6-8-19(16)22/h5-12,14,23H,13H2,1-4H3. The minimum Gasteiger partial charge on any atom is -0.285 e. The van der Waals surface area contributed by atoms with Crippen LogP contribution in [-0.2, 0) is 23.6 Å². The molecule has 154 valence electrons. The Morgan fingerprint density at radius 3 is 2.24 bits per heavy atom. The summed E-state index contributed by atoms with van der Waals surface area (Å²) < 4.78 is 31.1. The lowest BCUT2D eigenvalue weighted by Crippen LogP contribution is -2.24. The van der Waals surface area contributed by atoms with Gasteiger partial charge in [-0.15, -0.1) is 0 Å². The molecule has 1 aromatic heterocycles. The smallest absolute Gasteiger partial charge is 0.275 e. The maximum atomic E-state index is 12.8. The predicted molar refractivity (Wildman–Crippen MR) is 115 cm³/mol. The maximum absolute atomic E-state index is 12.8. The molecule has 3 aromatic rings. The molecule has 1 heterocycles. The average molecular weight is 434 g/mol. The molecule has 0 spiro atoms. The van der Waals surface area contributed by atoms with Gasteiger partial charge in [0.15, 0.2) is 0 Å². The molecule has 0 saturated carbocycles. The lowest BCUT2D eigenvalue weighted by Gasteiger charge is -2.11. The molecule has 0 saturated heterocycles. The Morgan fingerprint density at radius 2 is 1.69 bits per heavy atom. The van der Waals surface area contributed by atoms with Gasteiger partial charge in [0.1, 0.15) is 0 Å². The van der Waals surface area contributed by atoms with Crippen LogP contribution in [0.3, 0.4) is 0 Å². The first-order chi connectivity index (χ1) is 13.6. The molecule has 0 fully saturated rings. The van der Waals surface area contributed by atoms with E-state index < -0.39 is 10.0 Å². The highest BCUT2D eigenvalue weighted by Gasteiger charge is 2.19. The van der Waals surface area contributed by atoms with Gasteiger partial charge in [0.05, 0.1) is 10.6 Å². The van der Waals surface area contributed by atoms with Crippen LogP contribution in [0.4, 0.5) is 0 Å². The summed E-state index contributed by atoms with van der Waals surface area (Å²) in [7, 11) is -1.90. The van der Waals surface area contributed by atoms with Crippen molar-refractivity contribution in [3.8, 4) is 5.69 Å². The summed E-state index contributed by atoms with van der Waals surface area (Å²) in [5.41, 5.74) is 2.86. The maximum Gasteiger partial charge on any atom is 0.275 e. The molecule has 0 amide bonds. The molecule has 3 rings (SSSR count). The zero-order chi connectivity index (χ0) is 21.3. The van der Waals surface area contributed by atoms with Crippen molar-refractivity contribution in [1.29, 1.82) is 0 Å². The van der Waals surface area contributed by atoms with Gasteiger partial charge in [-0.2, -0.15) is 0 Å². The van der Waals surface area contributed by atoms with E-state index in [9.17, 15) is 13.2 Å². The second-order valence-electron chi connectivity index (χ2n) is 7.20. The molecule has 29 heavy (non-hydrogen) atoms. The minimum absolute atomic E-state index is 0.0903. The zero-order valence-electron chi connectivity index (χ0n) is 16.8. The molecule has 0 radical (unpaired) electrons. The quantitative estimate of drug-likeness (QED) is 0.643. The molecule has 0 unspecified atom stereocenters. The van der Waals surface area contributed by atoms with E-state index in [0.717, 1.165) is 11.3 Å². The van der Waals surface area contributed by atoms with E-state index in [1.54, 1.807) is 45.8 Å². The Bertz CT molecular complexity index is 1190. The molecule has 8 heteroatoms. The van der Waals surface area contributed by atoms with Crippen LogP contribution in [-0.4, -0.2) is 17.8 Å². The molecule has 6 nitrogen and oxygen atoms in total. The normalized spacial score (nSPS) is 11.9. The van der Waals surface area contributed by atoms with Gasteiger partial charge in [0.25, 0.3) is 5.56 Å². The fourth-order valence-corrected chi connectivity index (χ4v) is 4.56. The van der Waals surface area contributed by atoms with Crippen molar-refractivity contribution < 1.29 is 8.42 Å². The van der Waals surface area contributed by atoms with Crippen LogP contribution < -0.4 is 10.3 Å². The Balaban J connectivity index is 1.88. The molecular formula is C21H24ClN3O3S. The Morgan fingerprint density at radius 1 is 1.07 bits per heavy atom. The van der Waals surface area contributed by atoms with Gasteiger partial charge in [-0.1, -0.05) is 43.6 Å². The van der Waals surface area contributed by atoms with E-state index >= 15 is 0 Å². The van der Waals surface area contributed by atoms with Crippen molar-refractivity contribution in [3.05, 3.63) is 80.7 Å². The van der Waals surface area contributed by atoms with Gasteiger partial charge in [-0.25, -0.2) is 17.8 Å². The van der Waals surface area contributed by atoms with E-state index in [2.05, 4.69) is 4.72 Å². The number of sulfonamides is 1. The number of halogens is 1. The van der Waals surface area contributed by atoms with Crippen molar-refractivity contribution in [1.82, 2.24) is 14.1 Å². The summed E-state index contributed by atoms with van der Waals surface area (Å²) in [5, 5.41) is 0.505. The molecule has 0 atom stereocenters. The van der Waals surface area contributed by atoms with Gasteiger partial charge in [-0.3, -0.25) is 9.48 Å². The van der Waals surface area contributed by atoms with Crippen molar-refractivity contribution >= 4 is 21.6 Å². The highest BCUT2D eigenvalue weighted by molar-refractivity contribution is 7.89. The topological polar surface area (TPSA) is 73.1 Å². The zero-order valence-corrected chi connectivity index (χ0v) is 18.4. The molecule has 0 aliphatic rings. The summed E-state index contributed by atoms with van der Waals surface area (Å²) in [4.78, 5) is 12.9. The Labute approximate surface area is 175 Å². The van der Waals surface area contributed by atoms with Crippen LogP contribution in [0.1, 0.15) is 36.6 Å². The van der Waals surface area contributed by atoms with Crippen molar-refractivity contribution in [3.63, 3.8) is 0 Å². The first-order valence-corrected chi connectivity index (χ1v) is 11.1. The first kappa shape index (κ1) is 21.4. The first-order valence-electron chi connectivity index (χ1n) is 9.25. The molecule has 0 aliphatic heterocycles. The lowest BCUT2D eigenvalue weighted by atomic mass is 10.0. The largest absolute Gasteiger partial charge is 0.285 e. The SMILES string of the molecule is Cc1c(C(C)C)c(=O)n(-c2ccc(S(=O)(=O)NCc3ccccc3Cl)cc2)n1C. The highest BCUT2D eigenvalue weighted by Crippen LogP contribution is 2.20. The van der Waals surface area contributed by atoms with Crippen molar-refractivity contribution in [2.45, 2.75) is 38.1 Å². The molecule has 1 N–H and O–H groups in total. The molecular weight excluding hydrogens is 410 g/mol. The van der Waals surface area contributed by atoms with Crippen molar-refractivity contribution in [2.75, 3.05) is 0 Å². The fraction of sp³-hybridized carbons (Fsp3) is 0.286. The van der Waals surface area contributed by atoms with E-state index in [1.165, 1.54) is 12.1 Å². The van der Waals surface area contributed by atoms with E-state index in [1.807, 2.05) is 27.8 Å². The minimum atomic E-state index is -3.71.